The van der Waals surface area contributed by atoms with Gasteiger partial charge >= 0.3 is 23.9 Å². The third-order valence-electron chi connectivity index (χ3n) is 16.0. The smallest absolute Gasteiger partial charge is 0.303 e. The molecule has 0 aromatic carbocycles. The SMILES string of the molecule is CCCCCCCCCCCCCCCCCC(=O)O.CCCCCCCCCCCCCCCCCC(=O)O.CCCCCCCCCCCCCCCCCC(=O)O.CCCCCCCCCCCCCCCCCC(=O)O.[Co].[Fe]. The Hall–Kier alpha value is -1.09. The van der Waals surface area contributed by atoms with Gasteiger partial charge in [-0.25, -0.2) is 0 Å². The molecule has 0 bridgehead atoms. The van der Waals surface area contributed by atoms with Gasteiger partial charge in [-0.15, -0.1) is 0 Å². The van der Waals surface area contributed by atoms with Crippen molar-refractivity contribution >= 4 is 23.9 Å². The molecule has 10 heteroatoms. The van der Waals surface area contributed by atoms with E-state index in [9.17, 15) is 19.2 Å². The first-order valence-corrected chi connectivity index (χ1v) is 36.0. The minimum atomic E-state index is -0.653. The molecule has 0 aliphatic rings. The summed E-state index contributed by atoms with van der Waals surface area (Å²) in [5.74, 6) is -2.61. The molecule has 1 radical (unpaired) electrons. The molecular weight excluding hydrogens is 1110 g/mol. The maximum Gasteiger partial charge on any atom is 0.303 e. The van der Waals surface area contributed by atoms with E-state index in [2.05, 4.69) is 27.7 Å². The molecule has 0 rings (SSSR count). The Balaban J connectivity index is -0.000000233. The molecule has 0 aromatic heterocycles. The first-order chi connectivity index (χ1) is 39.1. The van der Waals surface area contributed by atoms with Crippen LogP contribution in [0.5, 0.6) is 0 Å². The van der Waals surface area contributed by atoms with Crippen molar-refractivity contribution in [1.29, 1.82) is 0 Å². The number of hydrogen-bond acceptors (Lipinski definition) is 4. The zero-order valence-electron chi connectivity index (χ0n) is 55.4. The summed E-state index contributed by atoms with van der Waals surface area (Å²) < 4.78 is 0. The van der Waals surface area contributed by atoms with Crippen molar-refractivity contribution in [3.05, 3.63) is 0 Å². The number of hydrogen-bond donors (Lipinski definition) is 4. The largest absolute Gasteiger partial charge is 0.481 e. The van der Waals surface area contributed by atoms with Gasteiger partial charge in [0, 0.05) is 59.5 Å². The molecule has 0 amide bonds. The summed E-state index contributed by atoms with van der Waals surface area (Å²) in [5, 5.41) is 34.1. The molecule has 497 valence electrons. The van der Waals surface area contributed by atoms with Crippen LogP contribution in [-0.4, -0.2) is 44.3 Å². The van der Waals surface area contributed by atoms with E-state index in [0.29, 0.717) is 25.7 Å². The molecule has 8 nitrogen and oxygen atoms in total. The zero-order valence-corrected chi connectivity index (χ0v) is 57.5. The van der Waals surface area contributed by atoms with E-state index in [1.165, 1.54) is 334 Å². The van der Waals surface area contributed by atoms with Crippen LogP contribution < -0.4 is 0 Å². The minimum Gasteiger partial charge on any atom is -0.481 e. The monoisotopic (exact) mass is 1250 g/mol. The number of unbranched alkanes of at least 4 members (excludes halogenated alkanes) is 56. The number of rotatable bonds is 64. The standard InChI is InChI=1S/4C18H36O2.Co.Fe/c4*1-2-3-4-5-6-7-8-9-10-11-12-13-14-15-16-17-18(19)20;;/h4*2-17H2,1H3,(H,19,20);;. The quantitative estimate of drug-likeness (QED) is 0.0347. The molecule has 0 aliphatic heterocycles. The summed E-state index contributed by atoms with van der Waals surface area (Å²) in [5.41, 5.74) is 0. The molecule has 0 fully saturated rings. The Morgan fingerprint density at radius 1 is 0.171 bits per heavy atom. The number of carboxylic acids is 4. The molecule has 0 aromatic rings. The van der Waals surface area contributed by atoms with Gasteiger partial charge in [-0.3, -0.25) is 19.2 Å². The predicted octanol–water partition coefficient (Wildman–Crippen LogP) is 25.3. The number of carboxylic acid groups (broad SMARTS) is 4. The van der Waals surface area contributed by atoms with Crippen molar-refractivity contribution < 1.29 is 73.5 Å². The molecule has 0 aliphatic carbocycles. The van der Waals surface area contributed by atoms with Gasteiger partial charge in [0.1, 0.15) is 0 Å². The maximum atomic E-state index is 10.3. The Morgan fingerprint density at radius 3 is 0.317 bits per heavy atom. The number of aliphatic carboxylic acids is 4. The summed E-state index contributed by atoms with van der Waals surface area (Å²) in [6, 6.07) is 0. The van der Waals surface area contributed by atoms with Crippen LogP contribution in [-0.2, 0) is 53.0 Å². The minimum absolute atomic E-state index is 0. The van der Waals surface area contributed by atoms with Gasteiger partial charge in [-0.2, -0.15) is 0 Å². The van der Waals surface area contributed by atoms with E-state index >= 15 is 0 Å². The van der Waals surface area contributed by atoms with Crippen LogP contribution in [0.2, 0.25) is 0 Å². The van der Waals surface area contributed by atoms with Crippen molar-refractivity contribution in [3.8, 4) is 0 Å². The van der Waals surface area contributed by atoms with Gasteiger partial charge in [0.05, 0.1) is 0 Å². The van der Waals surface area contributed by atoms with Gasteiger partial charge in [0.15, 0.2) is 0 Å². The van der Waals surface area contributed by atoms with Gasteiger partial charge in [-0.1, -0.05) is 387 Å². The van der Waals surface area contributed by atoms with Crippen molar-refractivity contribution in [2.24, 2.45) is 0 Å². The molecule has 0 heterocycles. The van der Waals surface area contributed by atoms with Crippen molar-refractivity contribution in [1.82, 2.24) is 0 Å². The molecule has 0 atom stereocenters. The summed E-state index contributed by atoms with van der Waals surface area (Å²) in [7, 11) is 0. The van der Waals surface area contributed by atoms with Crippen LogP contribution in [0.15, 0.2) is 0 Å². The van der Waals surface area contributed by atoms with Gasteiger partial charge in [-0.05, 0) is 25.7 Å². The van der Waals surface area contributed by atoms with E-state index in [-0.39, 0.29) is 33.8 Å². The zero-order chi connectivity index (χ0) is 59.6. The fourth-order valence-corrected chi connectivity index (χ4v) is 10.6. The summed E-state index contributed by atoms with van der Waals surface area (Å²) in [6.45, 7) is 9.08. The van der Waals surface area contributed by atoms with Crippen molar-refractivity contribution in [2.45, 2.75) is 439 Å². The van der Waals surface area contributed by atoms with E-state index in [1.807, 2.05) is 0 Å². The van der Waals surface area contributed by atoms with Gasteiger partial charge < -0.3 is 20.4 Å². The van der Waals surface area contributed by atoms with Crippen molar-refractivity contribution in [2.75, 3.05) is 0 Å². The molecule has 0 unspecified atom stereocenters. The van der Waals surface area contributed by atoms with E-state index in [1.54, 1.807) is 0 Å². The second-order valence-corrected chi connectivity index (χ2v) is 24.4. The number of carbonyl (C=O) groups is 4. The Labute approximate surface area is 532 Å². The van der Waals surface area contributed by atoms with Gasteiger partial charge in [0.25, 0.3) is 0 Å². The molecule has 0 saturated carbocycles. The van der Waals surface area contributed by atoms with Crippen LogP contribution in [0.3, 0.4) is 0 Å². The van der Waals surface area contributed by atoms with Crippen molar-refractivity contribution in [3.63, 3.8) is 0 Å². The fourth-order valence-electron chi connectivity index (χ4n) is 10.6. The second-order valence-electron chi connectivity index (χ2n) is 24.4. The topological polar surface area (TPSA) is 149 Å². The summed E-state index contributed by atoms with van der Waals surface area (Å²) in [6.07, 6.45) is 80.8. The summed E-state index contributed by atoms with van der Waals surface area (Å²) in [4.78, 5) is 41.3. The van der Waals surface area contributed by atoms with Crippen LogP contribution in [0.1, 0.15) is 439 Å². The average Bonchev–Trinajstić information content (AvgIpc) is 3.43. The van der Waals surface area contributed by atoms with Crippen LogP contribution in [0.4, 0.5) is 0 Å². The van der Waals surface area contributed by atoms with Crippen LogP contribution in [0, 0.1) is 0 Å². The van der Waals surface area contributed by atoms with E-state index in [4.69, 9.17) is 20.4 Å². The Morgan fingerprint density at radius 2 is 0.244 bits per heavy atom. The third kappa shape index (κ3) is 107. The molecule has 0 spiro atoms. The fraction of sp³-hybridized carbons (Fsp3) is 0.944. The predicted molar refractivity (Wildman–Crippen MR) is 349 cm³/mol. The first kappa shape index (κ1) is 92.1. The van der Waals surface area contributed by atoms with E-state index < -0.39 is 23.9 Å². The Bertz CT molecular complexity index is 998. The normalized spacial score (nSPS) is 10.6. The molecule has 0 saturated heterocycles. The molecular formula is C72H144CoFeO8. The van der Waals surface area contributed by atoms with Crippen LogP contribution >= 0.6 is 0 Å². The Kier molecular flexibility index (Phi) is 99.6. The second kappa shape index (κ2) is 88.7. The molecule has 82 heavy (non-hydrogen) atoms. The maximum absolute atomic E-state index is 10.3. The van der Waals surface area contributed by atoms with E-state index in [0.717, 1.165) is 51.4 Å². The average molecular weight is 1250 g/mol. The summed E-state index contributed by atoms with van der Waals surface area (Å²) >= 11 is 0. The molecule has 4 N–H and O–H groups in total. The third-order valence-corrected chi connectivity index (χ3v) is 16.0. The van der Waals surface area contributed by atoms with Gasteiger partial charge in [0.2, 0.25) is 0 Å². The first-order valence-electron chi connectivity index (χ1n) is 36.0. The van der Waals surface area contributed by atoms with Crippen LogP contribution in [0.25, 0.3) is 0 Å².